The first-order chi connectivity index (χ1) is 14.8. The standard InChI is InChI=1S/C24H31N3O3/c28-24-23(11-12-27(24)21-7-3-1-4-8-21)26-15-13-25(14-16-26)17-18-29-19-20-30-22-9-5-2-6-10-22/h1-10,23H,11-20H2. The van der Waals surface area contributed by atoms with Crippen LogP contribution in [0.15, 0.2) is 60.7 Å². The minimum absolute atomic E-state index is 0.0266. The predicted octanol–water partition coefficient (Wildman–Crippen LogP) is 2.51. The Hall–Kier alpha value is -2.41. The molecule has 0 bridgehead atoms. The van der Waals surface area contributed by atoms with E-state index in [9.17, 15) is 4.79 Å². The fourth-order valence-electron chi connectivity index (χ4n) is 4.20. The topological polar surface area (TPSA) is 45.3 Å². The van der Waals surface area contributed by atoms with Crippen LogP contribution in [0.4, 0.5) is 5.69 Å². The van der Waals surface area contributed by atoms with E-state index in [1.54, 1.807) is 0 Å². The molecule has 1 unspecified atom stereocenters. The summed E-state index contributed by atoms with van der Waals surface area (Å²) in [6, 6.07) is 19.8. The summed E-state index contributed by atoms with van der Waals surface area (Å²) in [7, 11) is 0. The Labute approximate surface area is 179 Å². The van der Waals surface area contributed by atoms with Gasteiger partial charge in [0.25, 0.3) is 0 Å². The lowest BCUT2D eigenvalue weighted by molar-refractivity contribution is -0.122. The normalized spacial score (nSPS) is 20.6. The quantitative estimate of drug-likeness (QED) is 0.596. The number of carbonyl (C=O) groups is 1. The summed E-state index contributed by atoms with van der Waals surface area (Å²) in [6.45, 7) is 7.47. The van der Waals surface area contributed by atoms with E-state index >= 15 is 0 Å². The van der Waals surface area contributed by atoms with Crippen molar-refractivity contribution in [2.24, 2.45) is 0 Å². The summed E-state index contributed by atoms with van der Waals surface area (Å²) < 4.78 is 11.4. The van der Waals surface area contributed by atoms with Crippen molar-refractivity contribution in [3.8, 4) is 5.75 Å². The lowest BCUT2D eigenvalue weighted by Crippen LogP contribution is -2.53. The molecule has 160 valence electrons. The maximum absolute atomic E-state index is 12.9. The number of hydrogen-bond donors (Lipinski definition) is 0. The molecule has 4 rings (SSSR count). The number of nitrogens with zero attached hydrogens (tertiary/aromatic N) is 3. The van der Waals surface area contributed by atoms with Gasteiger partial charge < -0.3 is 14.4 Å². The fraction of sp³-hybridized carbons (Fsp3) is 0.458. The third-order valence-corrected chi connectivity index (χ3v) is 5.88. The average Bonchev–Trinajstić information content (AvgIpc) is 3.19. The van der Waals surface area contributed by atoms with Crippen molar-refractivity contribution < 1.29 is 14.3 Å². The molecule has 0 radical (unpaired) electrons. The molecular formula is C24H31N3O3. The van der Waals surface area contributed by atoms with Crippen LogP contribution >= 0.6 is 0 Å². The molecule has 2 saturated heterocycles. The molecule has 6 nitrogen and oxygen atoms in total. The van der Waals surface area contributed by atoms with Crippen molar-refractivity contribution >= 4 is 11.6 Å². The van der Waals surface area contributed by atoms with Gasteiger partial charge in [-0.3, -0.25) is 14.6 Å². The monoisotopic (exact) mass is 409 g/mol. The first-order valence-electron chi connectivity index (χ1n) is 10.9. The number of anilines is 1. The van der Waals surface area contributed by atoms with Crippen molar-refractivity contribution in [2.75, 3.05) is 64.0 Å². The molecule has 2 aliphatic rings. The van der Waals surface area contributed by atoms with Crippen LogP contribution in [-0.2, 0) is 9.53 Å². The Balaban J connectivity index is 1.11. The molecule has 1 amide bonds. The Morgan fingerprint density at radius 3 is 2.23 bits per heavy atom. The number of rotatable bonds is 9. The SMILES string of the molecule is O=C1C(N2CCN(CCOCCOc3ccccc3)CC2)CCN1c1ccccc1. The molecule has 1 atom stereocenters. The summed E-state index contributed by atoms with van der Waals surface area (Å²) in [5, 5.41) is 0. The van der Waals surface area contributed by atoms with E-state index in [0.717, 1.165) is 57.1 Å². The molecule has 2 aromatic rings. The Kier molecular flexibility index (Phi) is 7.34. The molecule has 2 fully saturated rings. The van der Waals surface area contributed by atoms with Crippen molar-refractivity contribution in [3.63, 3.8) is 0 Å². The number of carbonyl (C=O) groups excluding carboxylic acids is 1. The first-order valence-corrected chi connectivity index (χ1v) is 10.9. The predicted molar refractivity (Wildman–Crippen MR) is 118 cm³/mol. The number of ether oxygens (including phenoxy) is 2. The van der Waals surface area contributed by atoms with Crippen LogP contribution in [0.3, 0.4) is 0 Å². The maximum atomic E-state index is 12.9. The molecule has 0 aliphatic carbocycles. The zero-order valence-electron chi connectivity index (χ0n) is 17.5. The van der Waals surface area contributed by atoms with Crippen molar-refractivity contribution in [2.45, 2.75) is 12.5 Å². The van der Waals surface area contributed by atoms with Crippen molar-refractivity contribution in [1.29, 1.82) is 0 Å². The van der Waals surface area contributed by atoms with E-state index in [2.05, 4.69) is 9.80 Å². The maximum Gasteiger partial charge on any atom is 0.244 e. The Morgan fingerprint density at radius 1 is 0.800 bits per heavy atom. The van der Waals surface area contributed by atoms with E-state index < -0.39 is 0 Å². The third-order valence-electron chi connectivity index (χ3n) is 5.88. The van der Waals surface area contributed by atoms with Crippen molar-refractivity contribution in [3.05, 3.63) is 60.7 Å². The number of amides is 1. The van der Waals surface area contributed by atoms with Crippen LogP contribution in [0.1, 0.15) is 6.42 Å². The molecular weight excluding hydrogens is 378 g/mol. The number of piperazine rings is 1. The number of benzene rings is 2. The van der Waals surface area contributed by atoms with E-state index in [1.807, 2.05) is 65.6 Å². The van der Waals surface area contributed by atoms with Crippen LogP contribution in [-0.4, -0.2) is 80.8 Å². The van der Waals surface area contributed by atoms with Crippen LogP contribution in [0, 0.1) is 0 Å². The lowest BCUT2D eigenvalue weighted by atomic mass is 10.2. The van der Waals surface area contributed by atoms with Gasteiger partial charge in [-0.2, -0.15) is 0 Å². The average molecular weight is 410 g/mol. The van der Waals surface area contributed by atoms with E-state index in [-0.39, 0.29) is 11.9 Å². The molecule has 6 heteroatoms. The third kappa shape index (κ3) is 5.39. The van der Waals surface area contributed by atoms with Gasteiger partial charge in [-0.05, 0) is 30.7 Å². The second kappa shape index (κ2) is 10.6. The minimum atomic E-state index is 0.0266. The van der Waals surface area contributed by atoms with Crippen LogP contribution < -0.4 is 9.64 Å². The molecule has 0 spiro atoms. The molecule has 2 heterocycles. The molecule has 30 heavy (non-hydrogen) atoms. The number of para-hydroxylation sites is 2. The number of hydrogen-bond acceptors (Lipinski definition) is 5. The lowest BCUT2D eigenvalue weighted by Gasteiger charge is -2.37. The van der Waals surface area contributed by atoms with E-state index in [4.69, 9.17) is 9.47 Å². The largest absolute Gasteiger partial charge is 0.491 e. The van der Waals surface area contributed by atoms with Crippen LogP contribution in [0.5, 0.6) is 5.75 Å². The second-order valence-electron chi connectivity index (χ2n) is 7.78. The highest BCUT2D eigenvalue weighted by atomic mass is 16.5. The highest BCUT2D eigenvalue weighted by molar-refractivity contribution is 5.99. The first kappa shape index (κ1) is 20.8. The highest BCUT2D eigenvalue weighted by Gasteiger charge is 2.37. The van der Waals surface area contributed by atoms with Gasteiger partial charge >= 0.3 is 0 Å². The van der Waals surface area contributed by atoms with Gasteiger partial charge in [-0.15, -0.1) is 0 Å². The second-order valence-corrected chi connectivity index (χ2v) is 7.78. The van der Waals surface area contributed by atoms with Crippen molar-refractivity contribution in [1.82, 2.24) is 9.80 Å². The van der Waals surface area contributed by atoms with Crippen LogP contribution in [0.2, 0.25) is 0 Å². The van der Waals surface area contributed by atoms with Gasteiger partial charge in [0, 0.05) is 45.0 Å². The summed E-state index contributed by atoms with van der Waals surface area (Å²) in [6.07, 6.45) is 0.915. The summed E-state index contributed by atoms with van der Waals surface area (Å²) in [5.41, 5.74) is 1.01. The summed E-state index contributed by atoms with van der Waals surface area (Å²) in [4.78, 5) is 19.6. The zero-order chi connectivity index (χ0) is 20.6. The molecule has 2 aliphatic heterocycles. The van der Waals surface area contributed by atoms with Gasteiger partial charge in [0.1, 0.15) is 12.4 Å². The van der Waals surface area contributed by atoms with Gasteiger partial charge in [-0.1, -0.05) is 36.4 Å². The zero-order valence-corrected chi connectivity index (χ0v) is 17.5. The summed E-state index contributed by atoms with van der Waals surface area (Å²) >= 11 is 0. The minimum Gasteiger partial charge on any atom is -0.491 e. The highest BCUT2D eigenvalue weighted by Crippen LogP contribution is 2.24. The molecule has 0 saturated carbocycles. The van der Waals surface area contributed by atoms with Gasteiger partial charge in [0.15, 0.2) is 0 Å². The van der Waals surface area contributed by atoms with E-state index in [1.165, 1.54) is 0 Å². The summed E-state index contributed by atoms with van der Waals surface area (Å²) in [5.74, 6) is 1.13. The fourth-order valence-corrected chi connectivity index (χ4v) is 4.20. The van der Waals surface area contributed by atoms with E-state index in [0.29, 0.717) is 19.8 Å². The molecule has 2 aromatic carbocycles. The van der Waals surface area contributed by atoms with Gasteiger partial charge in [-0.25, -0.2) is 0 Å². The van der Waals surface area contributed by atoms with Gasteiger partial charge in [0.05, 0.1) is 19.3 Å². The smallest absolute Gasteiger partial charge is 0.244 e. The van der Waals surface area contributed by atoms with Gasteiger partial charge in [0.2, 0.25) is 5.91 Å². The molecule has 0 aromatic heterocycles. The molecule has 0 N–H and O–H groups in total. The Bertz CT molecular complexity index is 779. The Morgan fingerprint density at radius 2 is 1.50 bits per heavy atom. The van der Waals surface area contributed by atoms with Crippen LogP contribution in [0.25, 0.3) is 0 Å².